The minimum Gasteiger partial charge on any atom is -0.369 e. The van der Waals surface area contributed by atoms with Gasteiger partial charge < -0.3 is 4.74 Å². The second-order valence-corrected chi connectivity index (χ2v) is 2.57. The second-order valence-electron chi connectivity index (χ2n) is 2.57. The summed E-state index contributed by atoms with van der Waals surface area (Å²) in [7, 11) is 0. The van der Waals surface area contributed by atoms with Gasteiger partial charge in [0.2, 0.25) is 0 Å². The van der Waals surface area contributed by atoms with E-state index >= 15 is 0 Å². The Kier molecular flexibility index (Phi) is 1.44. The van der Waals surface area contributed by atoms with Crippen molar-refractivity contribution in [1.29, 1.82) is 0 Å². The van der Waals surface area contributed by atoms with Crippen LogP contribution in [0.4, 0.5) is 0 Å². The summed E-state index contributed by atoms with van der Waals surface area (Å²) >= 11 is 0. The van der Waals surface area contributed by atoms with Crippen molar-refractivity contribution in [2.24, 2.45) is 5.92 Å². The van der Waals surface area contributed by atoms with Gasteiger partial charge in [0.05, 0.1) is 12.7 Å². The average Bonchev–Trinajstić information content (AvgIpc) is 2.05. The highest BCUT2D eigenvalue weighted by Crippen LogP contribution is 2.20. The van der Waals surface area contributed by atoms with E-state index in [0.717, 1.165) is 6.61 Å². The van der Waals surface area contributed by atoms with Gasteiger partial charge in [-0.25, -0.2) is 0 Å². The van der Waals surface area contributed by atoms with Gasteiger partial charge in [0.1, 0.15) is 0 Å². The summed E-state index contributed by atoms with van der Waals surface area (Å²) < 4.78 is 5.46. The third-order valence-electron chi connectivity index (χ3n) is 1.87. The standard InChI is InChI=1S/C9H10O/c1-2-6-9-8(4-1)5-3-7-10-9/h1-6,8-9H,7H2. The minimum atomic E-state index is 0.301. The Morgan fingerprint density at radius 1 is 1.10 bits per heavy atom. The first-order valence-corrected chi connectivity index (χ1v) is 3.60. The number of hydrogen-bond acceptors (Lipinski definition) is 1. The van der Waals surface area contributed by atoms with Gasteiger partial charge in [-0.1, -0.05) is 36.5 Å². The lowest BCUT2D eigenvalue weighted by Crippen LogP contribution is -2.23. The monoisotopic (exact) mass is 134 g/mol. The first-order valence-electron chi connectivity index (χ1n) is 3.60. The molecule has 2 aliphatic rings. The van der Waals surface area contributed by atoms with E-state index in [1.54, 1.807) is 0 Å². The van der Waals surface area contributed by atoms with Crippen LogP contribution in [0.2, 0.25) is 0 Å². The van der Waals surface area contributed by atoms with E-state index in [4.69, 9.17) is 4.74 Å². The van der Waals surface area contributed by atoms with Gasteiger partial charge in [-0.15, -0.1) is 0 Å². The molecule has 2 unspecified atom stereocenters. The molecule has 10 heavy (non-hydrogen) atoms. The fraction of sp³-hybridized carbons (Fsp3) is 0.333. The molecule has 0 N–H and O–H groups in total. The molecule has 0 aromatic carbocycles. The Morgan fingerprint density at radius 3 is 2.90 bits per heavy atom. The van der Waals surface area contributed by atoms with E-state index in [0.29, 0.717) is 12.0 Å². The van der Waals surface area contributed by atoms with Crippen molar-refractivity contribution in [2.75, 3.05) is 6.61 Å². The Hall–Kier alpha value is -0.820. The third-order valence-corrected chi connectivity index (χ3v) is 1.87. The fourth-order valence-electron chi connectivity index (χ4n) is 1.32. The van der Waals surface area contributed by atoms with Crippen LogP contribution in [0.25, 0.3) is 0 Å². The van der Waals surface area contributed by atoms with Crippen molar-refractivity contribution < 1.29 is 4.74 Å². The predicted molar refractivity (Wildman–Crippen MR) is 40.7 cm³/mol. The van der Waals surface area contributed by atoms with Crippen molar-refractivity contribution in [1.82, 2.24) is 0 Å². The first-order chi connectivity index (χ1) is 4.97. The molecule has 1 nitrogen and oxygen atoms in total. The van der Waals surface area contributed by atoms with Gasteiger partial charge in [-0.2, -0.15) is 0 Å². The summed E-state index contributed by atoms with van der Waals surface area (Å²) in [4.78, 5) is 0. The summed E-state index contributed by atoms with van der Waals surface area (Å²) in [6, 6.07) is 0. The Morgan fingerprint density at radius 2 is 2.00 bits per heavy atom. The van der Waals surface area contributed by atoms with Crippen LogP contribution in [0.15, 0.2) is 36.5 Å². The van der Waals surface area contributed by atoms with E-state index in [-0.39, 0.29) is 0 Å². The fourth-order valence-corrected chi connectivity index (χ4v) is 1.32. The third kappa shape index (κ3) is 0.929. The topological polar surface area (TPSA) is 9.23 Å². The van der Waals surface area contributed by atoms with Gasteiger partial charge in [-0.3, -0.25) is 0 Å². The minimum absolute atomic E-state index is 0.301. The maximum atomic E-state index is 5.46. The van der Waals surface area contributed by atoms with Crippen LogP contribution in [-0.4, -0.2) is 12.7 Å². The number of rotatable bonds is 0. The normalized spacial score (nSPS) is 36.0. The number of fused-ring (bicyclic) bond motifs is 1. The lowest BCUT2D eigenvalue weighted by atomic mass is 9.96. The maximum absolute atomic E-state index is 5.46. The molecular weight excluding hydrogens is 124 g/mol. The summed E-state index contributed by atoms with van der Waals surface area (Å²) in [6.45, 7) is 0.763. The first kappa shape index (κ1) is 5.93. The Labute approximate surface area is 60.7 Å². The zero-order valence-corrected chi connectivity index (χ0v) is 5.73. The van der Waals surface area contributed by atoms with Crippen LogP contribution in [0.1, 0.15) is 0 Å². The molecule has 1 heterocycles. The summed E-state index contributed by atoms with van der Waals surface area (Å²) in [5.41, 5.74) is 0. The molecule has 52 valence electrons. The molecule has 0 aromatic heterocycles. The molecule has 2 rings (SSSR count). The molecule has 0 amide bonds. The SMILES string of the molecule is C1=CC2C=CCOC2C=C1. The van der Waals surface area contributed by atoms with Gasteiger partial charge in [-0.05, 0) is 0 Å². The van der Waals surface area contributed by atoms with E-state index in [2.05, 4.69) is 30.4 Å². The van der Waals surface area contributed by atoms with Crippen molar-refractivity contribution in [3.05, 3.63) is 36.5 Å². The molecule has 0 saturated heterocycles. The van der Waals surface area contributed by atoms with Gasteiger partial charge in [0.25, 0.3) is 0 Å². The smallest absolute Gasteiger partial charge is 0.0860 e. The molecule has 0 saturated carbocycles. The van der Waals surface area contributed by atoms with Crippen molar-refractivity contribution >= 4 is 0 Å². The molecule has 1 heteroatoms. The molecule has 0 radical (unpaired) electrons. The van der Waals surface area contributed by atoms with Gasteiger partial charge in [0, 0.05) is 5.92 Å². The highest BCUT2D eigenvalue weighted by atomic mass is 16.5. The van der Waals surface area contributed by atoms with Crippen LogP contribution < -0.4 is 0 Å². The second kappa shape index (κ2) is 2.43. The van der Waals surface area contributed by atoms with Crippen LogP contribution >= 0.6 is 0 Å². The van der Waals surface area contributed by atoms with E-state index in [1.165, 1.54) is 0 Å². The number of ether oxygens (including phenoxy) is 1. The lowest BCUT2D eigenvalue weighted by Gasteiger charge is -2.24. The van der Waals surface area contributed by atoms with E-state index in [1.807, 2.05) is 6.08 Å². The van der Waals surface area contributed by atoms with Crippen molar-refractivity contribution in [2.45, 2.75) is 6.10 Å². The number of hydrogen-bond donors (Lipinski definition) is 0. The highest BCUT2D eigenvalue weighted by molar-refractivity contribution is 5.21. The summed E-state index contributed by atoms with van der Waals surface area (Å²) in [5, 5.41) is 0. The molecule has 0 fully saturated rings. The lowest BCUT2D eigenvalue weighted by molar-refractivity contribution is 0.0802. The van der Waals surface area contributed by atoms with Gasteiger partial charge >= 0.3 is 0 Å². The van der Waals surface area contributed by atoms with Crippen LogP contribution in [-0.2, 0) is 4.74 Å². The number of allylic oxidation sites excluding steroid dienone is 2. The Bertz CT molecular complexity index is 201. The van der Waals surface area contributed by atoms with Crippen molar-refractivity contribution in [3.8, 4) is 0 Å². The van der Waals surface area contributed by atoms with Crippen molar-refractivity contribution in [3.63, 3.8) is 0 Å². The van der Waals surface area contributed by atoms with Crippen LogP contribution in [0.3, 0.4) is 0 Å². The summed E-state index contributed by atoms with van der Waals surface area (Å²) in [5.74, 6) is 0.485. The molecule has 0 bridgehead atoms. The van der Waals surface area contributed by atoms with Crippen LogP contribution in [0.5, 0.6) is 0 Å². The molecular formula is C9H10O. The quantitative estimate of drug-likeness (QED) is 0.458. The molecule has 1 aliphatic carbocycles. The van der Waals surface area contributed by atoms with E-state index < -0.39 is 0 Å². The zero-order chi connectivity index (χ0) is 6.81. The highest BCUT2D eigenvalue weighted by Gasteiger charge is 2.18. The van der Waals surface area contributed by atoms with Crippen LogP contribution in [0, 0.1) is 5.92 Å². The molecule has 0 spiro atoms. The molecule has 0 aromatic rings. The van der Waals surface area contributed by atoms with E-state index in [9.17, 15) is 0 Å². The zero-order valence-electron chi connectivity index (χ0n) is 5.73. The maximum Gasteiger partial charge on any atom is 0.0860 e. The largest absolute Gasteiger partial charge is 0.369 e. The summed E-state index contributed by atoms with van der Waals surface area (Å²) in [6.07, 6.45) is 13.0. The molecule has 2 atom stereocenters. The Balaban J connectivity index is 2.21. The average molecular weight is 134 g/mol. The van der Waals surface area contributed by atoms with Gasteiger partial charge in [0.15, 0.2) is 0 Å². The molecule has 1 aliphatic heterocycles. The predicted octanol–water partition coefficient (Wildman–Crippen LogP) is 1.68.